The number of methoxy groups -OCH3 is 1. The average Bonchev–Trinajstić information content (AvgIpc) is 3.04. The lowest BCUT2D eigenvalue weighted by Gasteiger charge is -2.24. The van der Waals surface area contributed by atoms with Crippen LogP contribution in [-0.2, 0) is 23.1 Å². The van der Waals surface area contributed by atoms with E-state index in [1.54, 1.807) is 17.1 Å². The highest BCUT2D eigenvalue weighted by Crippen LogP contribution is 2.27. The molecule has 0 bridgehead atoms. The van der Waals surface area contributed by atoms with Gasteiger partial charge in [0.1, 0.15) is 5.82 Å². The molecule has 0 unspecified atom stereocenters. The number of carbonyl (C=O) groups excluding carboxylic acids is 1. The van der Waals surface area contributed by atoms with E-state index < -0.39 is 0 Å². The number of aryl methyl sites for hydroxylation is 2. The summed E-state index contributed by atoms with van der Waals surface area (Å²) < 4.78 is 12.0. The third kappa shape index (κ3) is 5.01. The highest BCUT2D eigenvalue weighted by molar-refractivity contribution is 5.82. The summed E-state index contributed by atoms with van der Waals surface area (Å²) in [7, 11) is 7.10. The van der Waals surface area contributed by atoms with Gasteiger partial charge in [0.15, 0.2) is 11.4 Å². The quantitative estimate of drug-likeness (QED) is 0.475. The van der Waals surface area contributed by atoms with Crippen molar-refractivity contribution in [2.75, 3.05) is 44.2 Å². The summed E-state index contributed by atoms with van der Waals surface area (Å²) in [5.74, 6) is 1.73. The Morgan fingerprint density at radius 1 is 1.19 bits per heavy atom. The average molecular weight is 428 g/mol. The van der Waals surface area contributed by atoms with E-state index in [0.717, 1.165) is 28.1 Å². The number of ether oxygens (including phenoxy) is 2. The van der Waals surface area contributed by atoms with Crippen LogP contribution in [-0.4, -0.2) is 65.1 Å². The largest absolute Gasteiger partial charge is 0.491 e. The van der Waals surface area contributed by atoms with Crippen LogP contribution in [0.2, 0.25) is 0 Å². The van der Waals surface area contributed by atoms with Gasteiger partial charge in [-0.2, -0.15) is 5.10 Å². The van der Waals surface area contributed by atoms with Crippen molar-refractivity contribution in [3.8, 4) is 5.75 Å². The van der Waals surface area contributed by atoms with Gasteiger partial charge in [-0.1, -0.05) is 0 Å². The number of rotatable bonds is 9. The molecule has 3 aromatic rings. The van der Waals surface area contributed by atoms with Gasteiger partial charge in [-0.3, -0.25) is 9.48 Å². The minimum atomic E-state index is -0.259. The summed E-state index contributed by atoms with van der Waals surface area (Å²) in [4.78, 5) is 29.2. The smallest absolute Gasteiger partial charge is 0.307 e. The first-order valence-corrected chi connectivity index (χ1v) is 10.1. The fourth-order valence-electron chi connectivity index (χ4n) is 3.36. The molecule has 0 saturated heterocycles. The maximum absolute atomic E-state index is 11.6. The van der Waals surface area contributed by atoms with Crippen molar-refractivity contribution in [1.82, 2.24) is 24.7 Å². The zero-order valence-electron chi connectivity index (χ0n) is 18.9. The molecule has 3 rings (SSSR count). The summed E-state index contributed by atoms with van der Waals surface area (Å²) >= 11 is 0. The molecule has 0 aliphatic rings. The molecule has 0 aliphatic carbocycles. The van der Waals surface area contributed by atoms with Gasteiger partial charge >= 0.3 is 5.97 Å². The SMILES string of the molecule is CCOc1cnc(N(C)Cc2cc3c(C)nn(C)c3nc2N(C)CCC(=O)OC)nc1. The van der Waals surface area contributed by atoms with E-state index in [9.17, 15) is 4.79 Å². The van der Waals surface area contributed by atoms with Crippen molar-refractivity contribution in [3.63, 3.8) is 0 Å². The van der Waals surface area contributed by atoms with Crippen molar-refractivity contribution in [3.05, 3.63) is 29.7 Å². The van der Waals surface area contributed by atoms with Crippen molar-refractivity contribution >= 4 is 28.8 Å². The molecule has 0 radical (unpaired) electrons. The minimum absolute atomic E-state index is 0.259. The van der Waals surface area contributed by atoms with Crippen LogP contribution in [0.4, 0.5) is 11.8 Å². The van der Waals surface area contributed by atoms with Crippen LogP contribution in [0.1, 0.15) is 24.6 Å². The Balaban J connectivity index is 1.92. The Morgan fingerprint density at radius 3 is 2.55 bits per heavy atom. The summed E-state index contributed by atoms with van der Waals surface area (Å²) in [5, 5.41) is 5.48. The molecule has 0 aliphatic heterocycles. The Hall–Kier alpha value is -3.43. The molecule has 0 fully saturated rings. The minimum Gasteiger partial charge on any atom is -0.491 e. The second-order valence-corrected chi connectivity index (χ2v) is 7.31. The van der Waals surface area contributed by atoms with E-state index in [1.165, 1.54) is 7.11 Å². The Labute approximate surface area is 181 Å². The van der Waals surface area contributed by atoms with Gasteiger partial charge < -0.3 is 19.3 Å². The first-order valence-electron chi connectivity index (χ1n) is 10.1. The maximum atomic E-state index is 11.6. The predicted molar refractivity (Wildman–Crippen MR) is 118 cm³/mol. The van der Waals surface area contributed by atoms with Crippen molar-refractivity contribution in [1.29, 1.82) is 0 Å². The van der Waals surface area contributed by atoms with Gasteiger partial charge in [-0.15, -0.1) is 0 Å². The number of fused-ring (bicyclic) bond motifs is 1. The molecule has 0 spiro atoms. The van der Waals surface area contributed by atoms with Crippen LogP contribution < -0.4 is 14.5 Å². The number of pyridine rings is 1. The fraction of sp³-hybridized carbons (Fsp3) is 0.476. The molecular formula is C21H29N7O3. The number of hydrogen-bond acceptors (Lipinski definition) is 9. The zero-order chi connectivity index (χ0) is 22.5. The first kappa shape index (κ1) is 22.3. The number of aromatic nitrogens is 5. The number of nitrogens with zero attached hydrogens (tertiary/aromatic N) is 7. The molecular weight excluding hydrogens is 398 g/mol. The van der Waals surface area contributed by atoms with Crippen LogP contribution in [0, 0.1) is 6.92 Å². The van der Waals surface area contributed by atoms with Gasteiger partial charge in [-0.05, 0) is 19.9 Å². The highest BCUT2D eigenvalue weighted by atomic mass is 16.5. The molecule has 0 atom stereocenters. The topological polar surface area (TPSA) is 98.5 Å². The lowest BCUT2D eigenvalue weighted by atomic mass is 10.1. The fourth-order valence-corrected chi connectivity index (χ4v) is 3.36. The van der Waals surface area contributed by atoms with E-state index in [2.05, 4.69) is 21.1 Å². The van der Waals surface area contributed by atoms with Gasteiger partial charge in [0.2, 0.25) is 5.95 Å². The highest BCUT2D eigenvalue weighted by Gasteiger charge is 2.18. The van der Waals surface area contributed by atoms with Crippen molar-refractivity contribution in [2.45, 2.75) is 26.8 Å². The summed E-state index contributed by atoms with van der Waals surface area (Å²) in [6.07, 6.45) is 3.60. The molecule has 10 nitrogen and oxygen atoms in total. The third-order valence-electron chi connectivity index (χ3n) is 4.97. The van der Waals surface area contributed by atoms with Crippen molar-refractivity contribution in [2.24, 2.45) is 7.05 Å². The molecule has 3 aromatic heterocycles. The number of hydrogen-bond donors (Lipinski definition) is 0. The lowest BCUT2D eigenvalue weighted by Crippen LogP contribution is -2.26. The number of anilines is 2. The summed E-state index contributed by atoms with van der Waals surface area (Å²) in [6.45, 7) is 5.47. The van der Waals surface area contributed by atoms with Gasteiger partial charge in [0.25, 0.3) is 0 Å². The molecule has 31 heavy (non-hydrogen) atoms. The lowest BCUT2D eigenvalue weighted by molar-refractivity contribution is -0.140. The Bertz CT molecular complexity index is 1050. The standard InChI is InChI=1S/C21H29N7O3/c1-7-31-16-11-22-21(23-12-16)27(4)13-15-10-17-14(2)25-28(5)20(17)24-19(15)26(3)9-8-18(29)30-6/h10-12H,7-9,13H2,1-6H3. The van der Waals surface area contributed by atoms with Crippen LogP contribution in [0.3, 0.4) is 0 Å². The summed E-state index contributed by atoms with van der Waals surface area (Å²) in [6, 6.07) is 2.10. The molecule has 10 heteroatoms. The van der Waals surface area contributed by atoms with E-state index >= 15 is 0 Å². The maximum Gasteiger partial charge on any atom is 0.307 e. The Morgan fingerprint density at radius 2 is 1.90 bits per heavy atom. The third-order valence-corrected chi connectivity index (χ3v) is 4.97. The normalized spacial score (nSPS) is 10.9. The monoisotopic (exact) mass is 427 g/mol. The number of esters is 1. The Kier molecular flexibility index (Phi) is 6.88. The molecule has 3 heterocycles. The molecule has 0 saturated carbocycles. The van der Waals surface area contributed by atoms with E-state index in [0.29, 0.717) is 31.4 Å². The van der Waals surface area contributed by atoms with Gasteiger partial charge in [-0.25, -0.2) is 15.0 Å². The molecule has 0 N–H and O–H groups in total. The second kappa shape index (κ2) is 9.59. The van der Waals surface area contributed by atoms with E-state index in [-0.39, 0.29) is 12.4 Å². The molecule has 0 amide bonds. The van der Waals surface area contributed by atoms with Gasteiger partial charge in [0, 0.05) is 45.2 Å². The van der Waals surface area contributed by atoms with E-state index in [4.69, 9.17) is 14.5 Å². The van der Waals surface area contributed by atoms with Gasteiger partial charge in [0.05, 0.1) is 38.2 Å². The van der Waals surface area contributed by atoms with Crippen LogP contribution in [0.15, 0.2) is 18.5 Å². The van der Waals surface area contributed by atoms with Crippen LogP contribution >= 0.6 is 0 Å². The van der Waals surface area contributed by atoms with Crippen molar-refractivity contribution < 1.29 is 14.3 Å². The first-order chi connectivity index (χ1) is 14.8. The molecule has 0 aromatic carbocycles. The molecule has 166 valence electrons. The second-order valence-electron chi connectivity index (χ2n) is 7.31. The summed E-state index contributed by atoms with van der Waals surface area (Å²) in [5.41, 5.74) is 2.69. The van der Waals surface area contributed by atoms with E-state index in [1.807, 2.05) is 44.8 Å². The predicted octanol–water partition coefficient (Wildman–Crippen LogP) is 2.10. The number of carbonyl (C=O) groups is 1. The van der Waals surface area contributed by atoms with Crippen LogP contribution in [0.5, 0.6) is 5.75 Å². The zero-order valence-corrected chi connectivity index (χ0v) is 18.9. The van der Waals surface area contributed by atoms with Crippen LogP contribution in [0.25, 0.3) is 11.0 Å².